The van der Waals surface area contributed by atoms with Crippen LogP contribution in [-0.2, 0) is 9.59 Å². The van der Waals surface area contributed by atoms with Gasteiger partial charge in [-0.1, -0.05) is 0 Å². The second kappa shape index (κ2) is 4.32. The number of anilines is 1. The summed E-state index contributed by atoms with van der Waals surface area (Å²) in [5.74, 6) is -0.341. The molecule has 0 fully saturated rings. The van der Waals surface area contributed by atoms with Crippen LogP contribution in [0.4, 0.5) is 11.4 Å². The second-order valence-electron chi connectivity index (χ2n) is 2.77. The van der Waals surface area contributed by atoms with Crippen molar-refractivity contribution in [3.05, 3.63) is 33.9 Å². The highest BCUT2D eigenvalue weighted by atomic mass is 16.6. The van der Waals surface area contributed by atoms with Gasteiger partial charge in [0.2, 0.25) is 12.2 Å². The molecule has 1 aromatic carbocycles. The molecule has 1 amide bonds. The highest BCUT2D eigenvalue weighted by molar-refractivity contribution is 5.90. The summed E-state index contributed by atoms with van der Waals surface area (Å²) < 4.78 is 0. The Hall–Kier alpha value is -2.24. The minimum Gasteiger partial charge on any atom is -0.326 e. The molecule has 1 rings (SSSR count). The number of hydrogen-bond acceptors (Lipinski definition) is 4. The third kappa shape index (κ3) is 2.60. The fourth-order valence-corrected chi connectivity index (χ4v) is 1.05. The molecule has 1 radical (unpaired) electrons. The third-order valence-corrected chi connectivity index (χ3v) is 1.62. The molecule has 15 heavy (non-hydrogen) atoms. The lowest BCUT2D eigenvalue weighted by molar-refractivity contribution is -0.385. The molecule has 77 valence electrons. The normalized spacial score (nSPS) is 9.40. The van der Waals surface area contributed by atoms with Crippen molar-refractivity contribution < 1.29 is 14.5 Å². The molecule has 1 N–H and O–H groups in total. The second-order valence-corrected chi connectivity index (χ2v) is 2.77. The first-order valence-electron chi connectivity index (χ1n) is 3.99. The molecule has 0 bridgehead atoms. The minimum absolute atomic E-state index is 0.144. The van der Waals surface area contributed by atoms with Crippen molar-refractivity contribution >= 4 is 23.6 Å². The topological polar surface area (TPSA) is 89.3 Å². The van der Waals surface area contributed by atoms with Gasteiger partial charge in [-0.25, -0.2) is 0 Å². The van der Waals surface area contributed by atoms with Crippen LogP contribution in [0.5, 0.6) is 0 Å². The molecule has 0 unspecified atom stereocenters. The molecular formula is C9H7N2O4. The molecule has 0 heterocycles. The van der Waals surface area contributed by atoms with Crippen LogP contribution >= 0.6 is 0 Å². The van der Waals surface area contributed by atoms with Crippen molar-refractivity contribution in [3.8, 4) is 0 Å². The van der Waals surface area contributed by atoms with Crippen LogP contribution in [0.2, 0.25) is 0 Å². The SMILES string of the molecule is CC(=O)Nc1ccc([C]=O)c([N+](=O)[O-])c1. The number of nitro groups is 1. The maximum Gasteiger partial charge on any atom is 0.282 e. The summed E-state index contributed by atoms with van der Waals surface area (Å²) in [4.78, 5) is 30.9. The number of carbonyl (C=O) groups excluding carboxylic acids is 2. The Morgan fingerprint density at radius 3 is 2.67 bits per heavy atom. The van der Waals surface area contributed by atoms with E-state index in [1.807, 2.05) is 0 Å². The van der Waals surface area contributed by atoms with Gasteiger partial charge >= 0.3 is 0 Å². The monoisotopic (exact) mass is 207 g/mol. The van der Waals surface area contributed by atoms with Crippen molar-refractivity contribution in [1.82, 2.24) is 0 Å². The molecule has 0 spiro atoms. The Balaban J connectivity index is 3.15. The molecule has 6 heteroatoms. The number of carbonyl (C=O) groups is 1. The van der Waals surface area contributed by atoms with Gasteiger partial charge in [-0.05, 0) is 12.1 Å². The highest BCUT2D eigenvalue weighted by Crippen LogP contribution is 2.21. The average molecular weight is 207 g/mol. The van der Waals surface area contributed by atoms with Crippen LogP contribution < -0.4 is 5.32 Å². The maximum absolute atomic E-state index is 10.7. The van der Waals surface area contributed by atoms with E-state index in [9.17, 15) is 19.7 Å². The number of nitrogens with zero attached hydrogens (tertiary/aromatic N) is 1. The Morgan fingerprint density at radius 2 is 2.20 bits per heavy atom. The third-order valence-electron chi connectivity index (χ3n) is 1.62. The lowest BCUT2D eigenvalue weighted by Gasteiger charge is -2.02. The van der Waals surface area contributed by atoms with E-state index in [1.165, 1.54) is 25.3 Å². The molecule has 0 atom stereocenters. The summed E-state index contributed by atoms with van der Waals surface area (Å²) in [6, 6.07) is 3.74. The number of nitro benzene ring substituents is 1. The first-order chi connectivity index (χ1) is 7.04. The largest absolute Gasteiger partial charge is 0.326 e. The van der Waals surface area contributed by atoms with Crippen LogP contribution in [0.25, 0.3) is 0 Å². The van der Waals surface area contributed by atoms with Gasteiger partial charge in [0, 0.05) is 18.7 Å². The van der Waals surface area contributed by atoms with E-state index in [0.29, 0.717) is 0 Å². The molecule has 1 aromatic rings. The summed E-state index contributed by atoms with van der Waals surface area (Å²) in [5.41, 5.74) is -0.251. The molecule has 0 aliphatic heterocycles. The van der Waals surface area contributed by atoms with E-state index in [0.717, 1.165) is 6.07 Å². The zero-order valence-electron chi connectivity index (χ0n) is 7.81. The van der Waals surface area contributed by atoms with Gasteiger partial charge < -0.3 is 5.32 Å². The maximum atomic E-state index is 10.7. The van der Waals surface area contributed by atoms with Crippen molar-refractivity contribution in [1.29, 1.82) is 0 Å². The number of benzene rings is 1. The smallest absolute Gasteiger partial charge is 0.282 e. The van der Waals surface area contributed by atoms with E-state index in [-0.39, 0.29) is 22.8 Å². The van der Waals surface area contributed by atoms with Crippen LogP contribution in [0, 0.1) is 10.1 Å². The first kappa shape index (κ1) is 10.8. The van der Waals surface area contributed by atoms with E-state index in [4.69, 9.17) is 0 Å². The fourth-order valence-electron chi connectivity index (χ4n) is 1.05. The summed E-state index contributed by atoms with van der Waals surface area (Å²) in [7, 11) is 0. The first-order valence-corrected chi connectivity index (χ1v) is 3.99. The lowest BCUT2D eigenvalue weighted by atomic mass is 10.2. The summed E-state index contributed by atoms with van der Waals surface area (Å²) >= 11 is 0. The van der Waals surface area contributed by atoms with Gasteiger partial charge in [0.25, 0.3) is 5.69 Å². The molecule has 0 aliphatic rings. The number of amides is 1. The predicted octanol–water partition coefficient (Wildman–Crippen LogP) is 1.01. The van der Waals surface area contributed by atoms with Crippen LogP contribution in [-0.4, -0.2) is 17.1 Å². The zero-order chi connectivity index (χ0) is 11.4. The lowest BCUT2D eigenvalue weighted by Crippen LogP contribution is -2.06. The quantitative estimate of drug-likeness (QED) is 0.591. The van der Waals surface area contributed by atoms with Crippen LogP contribution in [0.1, 0.15) is 12.5 Å². The van der Waals surface area contributed by atoms with Crippen molar-refractivity contribution in [2.24, 2.45) is 0 Å². The van der Waals surface area contributed by atoms with E-state index < -0.39 is 4.92 Å². The minimum atomic E-state index is -0.703. The van der Waals surface area contributed by atoms with E-state index in [1.54, 1.807) is 0 Å². The number of hydrogen-bond donors (Lipinski definition) is 1. The average Bonchev–Trinajstić information content (AvgIpc) is 2.16. The van der Waals surface area contributed by atoms with Gasteiger partial charge in [0.05, 0.1) is 4.92 Å². The van der Waals surface area contributed by atoms with Crippen molar-refractivity contribution in [2.75, 3.05) is 5.32 Å². The molecule has 0 aliphatic carbocycles. The number of rotatable bonds is 3. The molecule has 0 saturated heterocycles. The van der Waals surface area contributed by atoms with Gasteiger partial charge in [-0.2, -0.15) is 0 Å². The van der Waals surface area contributed by atoms with Crippen LogP contribution in [0.3, 0.4) is 0 Å². The van der Waals surface area contributed by atoms with Gasteiger partial charge in [0.1, 0.15) is 5.56 Å². The Kier molecular flexibility index (Phi) is 3.12. The Labute approximate surface area is 85.1 Å². The van der Waals surface area contributed by atoms with E-state index in [2.05, 4.69) is 5.32 Å². The fraction of sp³-hybridized carbons (Fsp3) is 0.111. The predicted molar refractivity (Wildman–Crippen MR) is 52.2 cm³/mol. The molecule has 0 aromatic heterocycles. The highest BCUT2D eigenvalue weighted by Gasteiger charge is 2.14. The van der Waals surface area contributed by atoms with Gasteiger partial charge in [0.15, 0.2) is 0 Å². The van der Waals surface area contributed by atoms with Gasteiger partial charge in [-0.15, -0.1) is 0 Å². The molecular weight excluding hydrogens is 200 g/mol. The van der Waals surface area contributed by atoms with Crippen molar-refractivity contribution in [3.63, 3.8) is 0 Å². The van der Waals surface area contributed by atoms with Crippen LogP contribution in [0.15, 0.2) is 18.2 Å². The Morgan fingerprint density at radius 1 is 1.53 bits per heavy atom. The summed E-state index contributed by atoms with van der Waals surface area (Å²) in [6.45, 7) is 1.28. The Bertz CT molecular complexity index is 428. The summed E-state index contributed by atoms with van der Waals surface area (Å²) in [6.07, 6.45) is 1.45. The van der Waals surface area contributed by atoms with Crippen molar-refractivity contribution in [2.45, 2.75) is 6.92 Å². The van der Waals surface area contributed by atoms with E-state index >= 15 is 0 Å². The number of nitrogens with one attached hydrogen (secondary N) is 1. The molecule has 0 saturated carbocycles. The molecule has 6 nitrogen and oxygen atoms in total. The summed E-state index contributed by atoms with van der Waals surface area (Å²) in [5, 5.41) is 12.9. The van der Waals surface area contributed by atoms with Gasteiger partial charge in [-0.3, -0.25) is 19.7 Å². The standard InChI is InChI=1S/C9H7N2O4/c1-6(13)10-8-3-2-7(5-12)9(4-8)11(14)15/h2-4H,1H3,(H,10,13). The zero-order valence-corrected chi connectivity index (χ0v) is 7.81.